The summed E-state index contributed by atoms with van der Waals surface area (Å²) in [7, 11) is 0.0448. The average Bonchev–Trinajstić information content (AvgIpc) is 2.76. The Bertz CT molecular complexity index is 480. The molecule has 1 aliphatic heterocycles. The Kier molecular flexibility index (Phi) is 4.16. The Hall–Kier alpha value is -1.00. The van der Waals surface area contributed by atoms with Crippen LogP contribution in [-0.4, -0.2) is 28.1 Å². The quantitative estimate of drug-likeness (QED) is 0.849. The fourth-order valence-electron chi connectivity index (χ4n) is 2.16. The van der Waals surface area contributed by atoms with Crippen molar-refractivity contribution in [2.75, 3.05) is 19.0 Å². The van der Waals surface area contributed by atoms with E-state index in [1.54, 1.807) is 7.11 Å². The number of rotatable bonds is 4. The first-order chi connectivity index (χ1) is 9.23. The van der Waals surface area contributed by atoms with Crippen molar-refractivity contribution in [3.05, 3.63) is 23.8 Å². The lowest BCUT2D eigenvalue weighted by atomic mass is 10.1. The molecule has 112 valence electrons. The van der Waals surface area contributed by atoms with Crippen LogP contribution in [0.3, 0.4) is 0 Å². The molecule has 3 nitrogen and oxygen atoms in total. The standard InChI is InChI=1S/C16H27NO2Si/c1-16(2,3)20(5,6)19-11-13-9-12-7-8-14(18-4)10-15(12)17-13/h7-8,10,13,17H,9,11H2,1-6H3. The Balaban J connectivity index is 1.95. The monoisotopic (exact) mass is 293 g/mol. The van der Waals surface area contributed by atoms with Crippen LogP contribution in [0.15, 0.2) is 18.2 Å². The molecule has 0 radical (unpaired) electrons. The van der Waals surface area contributed by atoms with Crippen molar-refractivity contribution in [3.63, 3.8) is 0 Å². The summed E-state index contributed by atoms with van der Waals surface area (Å²) in [6, 6.07) is 6.62. The van der Waals surface area contributed by atoms with E-state index in [9.17, 15) is 0 Å². The molecule has 20 heavy (non-hydrogen) atoms. The molecule has 0 aliphatic carbocycles. The van der Waals surface area contributed by atoms with Gasteiger partial charge in [0.2, 0.25) is 0 Å². The second kappa shape index (κ2) is 5.41. The van der Waals surface area contributed by atoms with Crippen molar-refractivity contribution < 1.29 is 9.16 Å². The molecule has 4 heteroatoms. The van der Waals surface area contributed by atoms with Crippen LogP contribution in [0.5, 0.6) is 5.75 Å². The van der Waals surface area contributed by atoms with E-state index in [4.69, 9.17) is 9.16 Å². The number of methoxy groups -OCH3 is 1. The van der Waals surface area contributed by atoms with Crippen molar-refractivity contribution in [1.82, 2.24) is 0 Å². The Labute approximate surface area is 123 Å². The molecule has 1 aliphatic rings. The maximum atomic E-state index is 6.31. The summed E-state index contributed by atoms with van der Waals surface area (Å²) in [5.74, 6) is 0.905. The molecule has 1 unspecified atom stereocenters. The van der Waals surface area contributed by atoms with Crippen LogP contribution < -0.4 is 10.1 Å². The maximum Gasteiger partial charge on any atom is 0.192 e. The zero-order valence-electron chi connectivity index (χ0n) is 13.5. The highest BCUT2D eigenvalue weighted by atomic mass is 28.4. The summed E-state index contributed by atoms with van der Waals surface area (Å²) < 4.78 is 11.6. The lowest BCUT2D eigenvalue weighted by Crippen LogP contribution is -2.43. The Morgan fingerprint density at radius 1 is 1.30 bits per heavy atom. The largest absolute Gasteiger partial charge is 0.497 e. The van der Waals surface area contributed by atoms with Crippen molar-refractivity contribution in [1.29, 1.82) is 0 Å². The van der Waals surface area contributed by atoms with Crippen molar-refractivity contribution >= 4 is 14.0 Å². The van der Waals surface area contributed by atoms with E-state index in [-0.39, 0.29) is 5.04 Å². The van der Waals surface area contributed by atoms with E-state index in [2.05, 4.69) is 51.3 Å². The summed E-state index contributed by atoms with van der Waals surface area (Å²) in [5.41, 5.74) is 2.54. The summed E-state index contributed by atoms with van der Waals surface area (Å²) >= 11 is 0. The third-order valence-electron chi connectivity index (χ3n) is 4.59. The smallest absolute Gasteiger partial charge is 0.192 e. The minimum Gasteiger partial charge on any atom is -0.497 e. The van der Waals surface area contributed by atoms with Gasteiger partial charge >= 0.3 is 0 Å². The minimum absolute atomic E-state index is 0.266. The van der Waals surface area contributed by atoms with Gasteiger partial charge in [-0.2, -0.15) is 0 Å². The van der Waals surface area contributed by atoms with Gasteiger partial charge in [-0.05, 0) is 36.2 Å². The van der Waals surface area contributed by atoms with Crippen LogP contribution in [0.4, 0.5) is 5.69 Å². The van der Waals surface area contributed by atoms with Crippen molar-refractivity contribution in [2.45, 2.75) is 51.4 Å². The lowest BCUT2D eigenvalue weighted by molar-refractivity contribution is 0.272. The van der Waals surface area contributed by atoms with Gasteiger partial charge in [-0.3, -0.25) is 0 Å². The summed E-state index contributed by atoms with van der Waals surface area (Å²) in [6.45, 7) is 12.2. The zero-order chi connectivity index (χ0) is 15.0. The van der Waals surface area contributed by atoms with E-state index in [0.717, 1.165) is 18.8 Å². The molecule has 0 aromatic heterocycles. The van der Waals surface area contributed by atoms with Gasteiger partial charge in [0.1, 0.15) is 5.75 Å². The molecular formula is C16H27NO2Si. The lowest BCUT2D eigenvalue weighted by Gasteiger charge is -2.37. The molecule has 1 aromatic rings. The van der Waals surface area contributed by atoms with Gasteiger partial charge < -0.3 is 14.5 Å². The van der Waals surface area contributed by atoms with Gasteiger partial charge in [-0.1, -0.05) is 26.8 Å². The molecule has 1 N–H and O–H groups in total. The second-order valence-corrected chi connectivity index (χ2v) is 11.9. The van der Waals surface area contributed by atoms with Gasteiger partial charge in [-0.25, -0.2) is 0 Å². The SMILES string of the molecule is COc1ccc2c(c1)NC(CO[Si](C)(C)C(C)(C)C)C2. The molecule has 1 heterocycles. The van der Waals surface area contributed by atoms with Crippen molar-refractivity contribution in [2.24, 2.45) is 0 Å². The molecule has 0 saturated carbocycles. The number of ether oxygens (including phenoxy) is 1. The third-order valence-corrected chi connectivity index (χ3v) is 9.10. The summed E-state index contributed by atoms with van der Waals surface area (Å²) in [4.78, 5) is 0. The molecule has 0 spiro atoms. The number of fused-ring (bicyclic) bond motifs is 1. The fourth-order valence-corrected chi connectivity index (χ4v) is 3.21. The van der Waals surface area contributed by atoms with Crippen LogP contribution in [0.2, 0.25) is 18.1 Å². The highest BCUT2D eigenvalue weighted by Crippen LogP contribution is 2.37. The molecule has 0 saturated heterocycles. The van der Waals surface area contributed by atoms with Crippen LogP contribution in [-0.2, 0) is 10.8 Å². The highest BCUT2D eigenvalue weighted by molar-refractivity contribution is 6.74. The Morgan fingerprint density at radius 2 is 2.00 bits per heavy atom. The normalized spacial score (nSPS) is 18.6. The first-order valence-electron chi connectivity index (χ1n) is 7.30. The predicted octanol–water partition coefficient (Wildman–Crippen LogP) is 4.05. The molecule has 0 amide bonds. The third kappa shape index (κ3) is 3.18. The van der Waals surface area contributed by atoms with E-state index in [0.29, 0.717) is 6.04 Å². The van der Waals surface area contributed by atoms with Crippen LogP contribution >= 0.6 is 0 Å². The summed E-state index contributed by atoms with van der Waals surface area (Å²) in [5, 5.41) is 3.82. The number of hydrogen-bond acceptors (Lipinski definition) is 3. The van der Waals surface area contributed by atoms with E-state index in [1.165, 1.54) is 11.3 Å². The maximum absolute atomic E-state index is 6.31. The van der Waals surface area contributed by atoms with Gasteiger partial charge in [0.25, 0.3) is 0 Å². The van der Waals surface area contributed by atoms with E-state index in [1.807, 2.05) is 6.07 Å². The average molecular weight is 293 g/mol. The van der Waals surface area contributed by atoms with E-state index >= 15 is 0 Å². The number of hydrogen-bond donors (Lipinski definition) is 1. The molecule has 0 bridgehead atoms. The van der Waals surface area contributed by atoms with Crippen LogP contribution in [0, 0.1) is 0 Å². The first-order valence-corrected chi connectivity index (χ1v) is 10.2. The minimum atomic E-state index is -1.66. The molecular weight excluding hydrogens is 266 g/mol. The second-order valence-electron chi connectivity index (χ2n) is 7.14. The first kappa shape index (κ1) is 15.4. The van der Waals surface area contributed by atoms with Gasteiger partial charge in [0, 0.05) is 11.8 Å². The topological polar surface area (TPSA) is 30.5 Å². The van der Waals surface area contributed by atoms with Crippen LogP contribution in [0.25, 0.3) is 0 Å². The molecule has 1 aromatic carbocycles. The van der Waals surface area contributed by atoms with E-state index < -0.39 is 8.32 Å². The Morgan fingerprint density at radius 3 is 2.60 bits per heavy atom. The summed E-state index contributed by atoms with van der Waals surface area (Å²) in [6.07, 6.45) is 1.04. The van der Waals surface area contributed by atoms with Crippen LogP contribution in [0.1, 0.15) is 26.3 Å². The van der Waals surface area contributed by atoms with Crippen molar-refractivity contribution in [3.8, 4) is 5.75 Å². The molecule has 1 atom stereocenters. The molecule has 0 fully saturated rings. The van der Waals surface area contributed by atoms with Gasteiger partial charge in [-0.15, -0.1) is 0 Å². The number of benzene rings is 1. The molecule has 2 rings (SSSR count). The van der Waals surface area contributed by atoms with Gasteiger partial charge in [0.05, 0.1) is 19.8 Å². The zero-order valence-corrected chi connectivity index (χ0v) is 14.5. The highest BCUT2D eigenvalue weighted by Gasteiger charge is 2.38. The fraction of sp³-hybridized carbons (Fsp3) is 0.625. The van der Waals surface area contributed by atoms with Gasteiger partial charge in [0.15, 0.2) is 8.32 Å². The number of nitrogens with one attached hydrogen (secondary N) is 1. The predicted molar refractivity (Wildman–Crippen MR) is 87.3 cm³/mol. The number of anilines is 1.